The molecule has 0 radical (unpaired) electrons. The van der Waals surface area contributed by atoms with Crippen molar-refractivity contribution < 1.29 is 0 Å². The second-order valence-electron chi connectivity index (χ2n) is 12.9. The van der Waals surface area contributed by atoms with Gasteiger partial charge in [-0.05, 0) is 58.5 Å². The number of nitrogens with one attached hydrogen (secondary N) is 1. The lowest BCUT2D eigenvalue weighted by Gasteiger charge is -2.15. The molecule has 2 atom stereocenters. The number of hydrogen-bond donors (Lipinski definition) is 2. The van der Waals surface area contributed by atoms with Crippen molar-refractivity contribution in [1.82, 2.24) is 4.57 Å². The summed E-state index contributed by atoms with van der Waals surface area (Å²) < 4.78 is 2.38. The molecule has 0 amide bonds. The van der Waals surface area contributed by atoms with Gasteiger partial charge >= 0.3 is 0 Å². The quantitative estimate of drug-likeness (QED) is 0.0873. The molecule has 1 aliphatic carbocycles. The van der Waals surface area contributed by atoms with Gasteiger partial charge in [-0.2, -0.15) is 0 Å². The summed E-state index contributed by atoms with van der Waals surface area (Å²) in [6, 6.07) is 42.5. The number of rotatable bonds is 10. The van der Waals surface area contributed by atoms with E-state index in [0.29, 0.717) is 18.2 Å². The molecule has 0 saturated heterocycles. The third-order valence-corrected chi connectivity index (χ3v) is 9.77. The smallest absolute Gasteiger partial charge is 0.0776 e. The van der Waals surface area contributed by atoms with Crippen molar-refractivity contribution in [2.45, 2.75) is 18.4 Å². The molecule has 51 heavy (non-hydrogen) atoms. The van der Waals surface area contributed by atoms with Crippen LogP contribution >= 0.6 is 0 Å². The van der Waals surface area contributed by atoms with Gasteiger partial charge in [-0.1, -0.05) is 158 Å². The van der Waals surface area contributed by atoms with E-state index >= 15 is 0 Å². The Balaban J connectivity index is 1.11. The van der Waals surface area contributed by atoms with Gasteiger partial charge in [-0.15, -0.1) is 0 Å². The monoisotopic (exact) mass is 660 g/mol. The summed E-state index contributed by atoms with van der Waals surface area (Å²) in [6.07, 6.45) is 20.0. The second-order valence-corrected chi connectivity index (χ2v) is 12.9. The number of aromatic nitrogens is 1. The van der Waals surface area contributed by atoms with Crippen molar-refractivity contribution in [3.05, 3.63) is 199 Å². The lowest BCUT2D eigenvalue weighted by Crippen LogP contribution is -2.17. The van der Waals surface area contributed by atoms with Crippen LogP contribution in [0.5, 0.6) is 0 Å². The van der Waals surface area contributed by atoms with E-state index in [1.54, 1.807) is 0 Å². The summed E-state index contributed by atoms with van der Waals surface area (Å²) in [5.74, 6) is 0.329. The number of anilines is 1. The van der Waals surface area contributed by atoms with E-state index in [0.717, 1.165) is 29.0 Å². The van der Waals surface area contributed by atoms with E-state index in [1.165, 1.54) is 44.2 Å². The van der Waals surface area contributed by atoms with Crippen LogP contribution in [0.1, 0.15) is 29.0 Å². The van der Waals surface area contributed by atoms with Gasteiger partial charge in [0.1, 0.15) is 0 Å². The van der Waals surface area contributed by atoms with Crippen LogP contribution in [-0.2, 0) is 0 Å². The summed E-state index contributed by atoms with van der Waals surface area (Å²) in [5, 5.41) is 6.32. The van der Waals surface area contributed by atoms with Crippen LogP contribution in [0, 0.1) is 0 Å². The molecule has 4 heteroatoms. The fourth-order valence-electron chi connectivity index (χ4n) is 7.31. The standard InChI is InChI=1S/C47H40N4/c1-2-15-37(51-45-24-12-10-22-39(45)41-30-29-40-38-21-9-11-23-43(38)50-46(40)47(41)51)20-13-14-31-49-44(32-42(48)35-18-7-4-8-19-35)36-27-25-34(26-28-36)33-16-5-3-6-17-33/h2-13,15-30,32,38,43,50H,1,14,31,48H2/b20-13-,37-15+,42-32-,49-44+. The Morgan fingerprint density at radius 2 is 1.49 bits per heavy atom. The largest absolute Gasteiger partial charge is 0.398 e. The van der Waals surface area contributed by atoms with Crippen molar-refractivity contribution >= 4 is 44.6 Å². The highest BCUT2D eigenvalue weighted by molar-refractivity contribution is 6.15. The van der Waals surface area contributed by atoms with Gasteiger partial charge in [0, 0.05) is 34.6 Å². The van der Waals surface area contributed by atoms with E-state index in [-0.39, 0.29) is 6.04 Å². The highest BCUT2D eigenvalue weighted by atomic mass is 15.0. The second kappa shape index (κ2) is 14.2. The molecule has 2 aliphatic rings. The first-order chi connectivity index (χ1) is 25.2. The molecule has 1 aromatic heterocycles. The minimum Gasteiger partial charge on any atom is -0.398 e. The molecule has 6 aromatic rings. The third kappa shape index (κ3) is 6.28. The molecule has 0 saturated carbocycles. The molecule has 4 nitrogen and oxygen atoms in total. The molecule has 0 fully saturated rings. The molecule has 2 unspecified atom stereocenters. The Hall–Kier alpha value is -6.39. The minimum atomic E-state index is 0.260. The van der Waals surface area contributed by atoms with Gasteiger partial charge in [-0.25, -0.2) is 0 Å². The zero-order chi connectivity index (χ0) is 34.6. The molecule has 5 aromatic carbocycles. The van der Waals surface area contributed by atoms with E-state index in [2.05, 4.69) is 144 Å². The average molecular weight is 661 g/mol. The van der Waals surface area contributed by atoms with Gasteiger partial charge in [0.25, 0.3) is 0 Å². The first-order valence-corrected chi connectivity index (χ1v) is 17.6. The summed E-state index contributed by atoms with van der Waals surface area (Å²) in [4.78, 5) is 5.10. The Labute approximate surface area is 299 Å². The predicted molar refractivity (Wildman–Crippen MR) is 218 cm³/mol. The van der Waals surface area contributed by atoms with Crippen LogP contribution in [-0.4, -0.2) is 22.9 Å². The Kier molecular flexibility index (Phi) is 8.88. The van der Waals surface area contributed by atoms with Crippen LogP contribution in [0.15, 0.2) is 188 Å². The number of nitrogens with zero attached hydrogens (tertiary/aromatic N) is 2. The fourth-order valence-corrected chi connectivity index (χ4v) is 7.31. The number of para-hydroxylation sites is 1. The highest BCUT2D eigenvalue weighted by Gasteiger charge is 2.32. The maximum absolute atomic E-state index is 6.61. The molecule has 8 rings (SSSR count). The molecular formula is C47H40N4. The number of aliphatic imine (C=N–C) groups is 1. The van der Waals surface area contributed by atoms with Gasteiger partial charge in [0.05, 0.1) is 28.5 Å². The van der Waals surface area contributed by atoms with Crippen molar-refractivity contribution in [3.8, 4) is 11.1 Å². The molecule has 2 heterocycles. The first kappa shape index (κ1) is 31.9. The molecular weight excluding hydrogens is 621 g/mol. The summed E-state index contributed by atoms with van der Waals surface area (Å²) >= 11 is 0. The Morgan fingerprint density at radius 3 is 2.29 bits per heavy atom. The van der Waals surface area contributed by atoms with Gasteiger partial charge < -0.3 is 15.6 Å². The van der Waals surface area contributed by atoms with Crippen LogP contribution < -0.4 is 11.1 Å². The zero-order valence-corrected chi connectivity index (χ0v) is 28.5. The average Bonchev–Trinajstić information content (AvgIpc) is 3.74. The van der Waals surface area contributed by atoms with Crippen molar-refractivity contribution in [3.63, 3.8) is 0 Å². The zero-order valence-electron chi connectivity index (χ0n) is 28.5. The first-order valence-electron chi connectivity index (χ1n) is 17.6. The molecule has 0 spiro atoms. The van der Waals surface area contributed by atoms with Gasteiger partial charge in [-0.3, -0.25) is 4.99 Å². The lowest BCUT2D eigenvalue weighted by atomic mass is 9.91. The maximum atomic E-state index is 6.61. The lowest BCUT2D eigenvalue weighted by molar-refractivity contribution is 0.805. The van der Waals surface area contributed by atoms with E-state index in [1.807, 2.05) is 48.6 Å². The fraction of sp³-hybridized carbons (Fsp3) is 0.0851. The van der Waals surface area contributed by atoms with Crippen molar-refractivity contribution in [1.29, 1.82) is 0 Å². The molecule has 3 N–H and O–H groups in total. The highest BCUT2D eigenvalue weighted by Crippen LogP contribution is 2.46. The number of hydrogen-bond acceptors (Lipinski definition) is 3. The van der Waals surface area contributed by atoms with Crippen LogP contribution in [0.3, 0.4) is 0 Å². The van der Waals surface area contributed by atoms with E-state index < -0.39 is 0 Å². The number of fused-ring (bicyclic) bond motifs is 7. The number of benzene rings is 5. The number of nitrogens with two attached hydrogens (primary N) is 1. The minimum absolute atomic E-state index is 0.260. The predicted octanol–water partition coefficient (Wildman–Crippen LogP) is 10.9. The summed E-state index contributed by atoms with van der Waals surface area (Å²) in [6.45, 7) is 4.69. The van der Waals surface area contributed by atoms with Crippen molar-refractivity contribution in [2.75, 3.05) is 11.9 Å². The normalized spacial score (nSPS) is 17.2. The number of allylic oxidation sites excluding steroid dienone is 7. The third-order valence-electron chi connectivity index (χ3n) is 9.77. The summed E-state index contributed by atoms with van der Waals surface area (Å²) in [5.41, 5.74) is 18.5. The molecule has 0 bridgehead atoms. The van der Waals surface area contributed by atoms with Crippen LogP contribution in [0.4, 0.5) is 5.69 Å². The van der Waals surface area contributed by atoms with Gasteiger partial charge in [0.15, 0.2) is 0 Å². The van der Waals surface area contributed by atoms with Crippen LogP contribution in [0.25, 0.3) is 44.3 Å². The SMILES string of the molecule is C=C/C=C(\C=C/CC/N=C(\C=C(/N)c1ccccc1)c1ccc(-c2ccccc2)cc1)n1c2ccccc2c2ccc3c(c21)NC1C=CC=CC31. The van der Waals surface area contributed by atoms with E-state index in [4.69, 9.17) is 10.7 Å². The van der Waals surface area contributed by atoms with Crippen LogP contribution in [0.2, 0.25) is 0 Å². The van der Waals surface area contributed by atoms with Crippen molar-refractivity contribution in [2.24, 2.45) is 10.7 Å². The molecule has 248 valence electrons. The maximum Gasteiger partial charge on any atom is 0.0776 e. The Bertz CT molecular complexity index is 2400. The van der Waals surface area contributed by atoms with Gasteiger partial charge in [0.2, 0.25) is 0 Å². The Morgan fingerprint density at radius 1 is 0.765 bits per heavy atom. The topological polar surface area (TPSA) is 55.3 Å². The molecule has 1 aliphatic heterocycles. The van der Waals surface area contributed by atoms with E-state index in [9.17, 15) is 0 Å². The summed E-state index contributed by atoms with van der Waals surface area (Å²) in [7, 11) is 0.